The van der Waals surface area contributed by atoms with E-state index in [-0.39, 0.29) is 11.5 Å². The average molecular weight is 313 g/mol. The SMILES string of the molecule is CCCNc1cc(CC(C)C)nn1C1(C)CCS(=O)(=O)C1. The van der Waals surface area contributed by atoms with Crippen molar-refractivity contribution >= 4 is 15.7 Å². The second-order valence-corrected chi connectivity index (χ2v) is 8.98. The van der Waals surface area contributed by atoms with Crippen LogP contribution in [0.3, 0.4) is 0 Å². The molecule has 1 fully saturated rings. The second-order valence-electron chi connectivity index (χ2n) is 6.80. The van der Waals surface area contributed by atoms with Crippen LogP contribution in [0.2, 0.25) is 0 Å². The Balaban J connectivity index is 2.33. The van der Waals surface area contributed by atoms with E-state index >= 15 is 0 Å². The molecule has 6 heteroatoms. The summed E-state index contributed by atoms with van der Waals surface area (Å²) in [7, 11) is -2.94. The van der Waals surface area contributed by atoms with Crippen LogP contribution in [0.4, 0.5) is 5.82 Å². The molecule has 0 spiro atoms. The number of nitrogens with zero attached hydrogens (tertiary/aromatic N) is 2. The largest absolute Gasteiger partial charge is 0.370 e. The Labute approximate surface area is 128 Å². The van der Waals surface area contributed by atoms with E-state index < -0.39 is 15.4 Å². The van der Waals surface area contributed by atoms with E-state index in [2.05, 4.69) is 32.2 Å². The van der Waals surface area contributed by atoms with Crippen molar-refractivity contribution in [2.45, 2.75) is 52.5 Å². The maximum absolute atomic E-state index is 11.9. The zero-order chi connectivity index (χ0) is 15.7. The predicted molar refractivity (Wildman–Crippen MR) is 86.5 cm³/mol. The molecule has 120 valence electrons. The third-order valence-electron chi connectivity index (χ3n) is 3.93. The van der Waals surface area contributed by atoms with E-state index in [1.165, 1.54) is 0 Å². The van der Waals surface area contributed by atoms with Crippen LogP contribution in [0.25, 0.3) is 0 Å². The van der Waals surface area contributed by atoms with Crippen LogP contribution in [0.1, 0.15) is 46.2 Å². The van der Waals surface area contributed by atoms with Gasteiger partial charge in [-0.2, -0.15) is 5.10 Å². The highest BCUT2D eigenvalue weighted by atomic mass is 32.2. The summed E-state index contributed by atoms with van der Waals surface area (Å²) in [5.41, 5.74) is 0.610. The monoisotopic (exact) mass is 313 g/mol. The zero-order valence-corrected chi connectivity index (χ0v) is 14.3. The normalized spacial score (nSPS) is 24.6. The lowest BCUT2D eigenvalue weighted by molar-refractivity contribution is 0.330. The van der Waals surface area contributed by atoms with E-state index in [4.69, 9.17) is 5.10 Å². The van der Waals surface area contributed by atoms with E-state index in [1.54, 1.807) is 0 Å². The van der Waals surface area contributed by atoms with Gasteiger partial charge in [-0.1, -0.05) is 20.8 Å². The summed E-state index contributed by atoms with van der Waals surface area (Å²) in [6.07, 6.45) is 2.58. The Morgan fingerprint density at radius 1 is 1.48 bits per heavy atom. The molecule has 1 N–H and O–H groups in total. The number of hydrogen-bond acceptors (Lipinski definition) is 4. The van der Waals surface area contributed by atoms with E-state index in [9.17, 15) is 8.42 Å². The van der Waals surface area contributed by atoms with Gasteiger partial charge in [0.15, 0.2) is 9.84 Å². The van der Waals surface area contributed by atoms with Gasteiger partial charge in [-0.05, 0) is 32.1 Å². The number of nitrogens with one attached hydrogen (secondary N) is 1. The third kappa shape index (κ3) is 3.78. The molecular weight excluding hydrogens is 286 g/mol. The minimum Gasteiger partial charge on any atom is -0.370 e. The highest BCUT2D eigenvalue weighted by Crippen LogP contribution is 2.33. The van der Waals surface area contributed by atoms with Crippen molar-refractivity contribution in [3.8, 4) is 0 Å². The maximum Gasteiger partial charge on any atom is 0.152 e. The first-order valence-corrected chi connectivity index (χ1v) is 9.61. The summed E-state index contributed by atoms with van der Waals surface area (Å²) in [5, 5.41) is 8.10. The van der Waals surface area contributed by atoms with Crippen molar-refractivity contribution in [3.05, 3.63) is 11.8 Å². The fraction of sp³-hybridized carbons (Fsp3) is 0.800. The quantitative estimate of drug-likeness (QED) is 0.876. The van der Waals surface area contributed by atoms with Crippen LogP contribution in [0.15, 0.2) is 6.07 Å². The lowest BCUT2D eigenvalue weighted by atomic mass is 10.0. The molecule has 0 bridgehead atoms. The fourth-order valence-electron chi connectivity index (χ4n) is 2.90. The Morgan fingerprint density at radius 2 is 2.19 bits per heavy atom. The van der Waals surface area contributed by atoms with Crippen LogP contribution < -0.4 is 5.32 Å². The molecule has 1 atom stereocenters. The fourth-order valence-corrected chi connectivity index (χ4v) is 5.01. The van der Waals surface area contributed by atoms with Crippen molar-refractivity contribution in [3.63, 3.8) is 0 Å². The molecule has 1 unspecified atom stereocenters. The van der Waals surface area contributed by atoms with Crippen molar-refractivity contribution in [1.29, 1.82) is 0 Å². The summed E-state index contributed by atoms with van der Waals surface area (Å²) < 4.78 is 25.7. The van der Waals surface area contributed by atoms with E-state index in [0.29, 0.717) is 12.3 Å². The van der Waals surface area contributed by atoms with Crippen molar-refractivity contribution in [2.75, 3.05) is 23.4 Å². The molecule has 0 amide bonds. The van der Waals surface area contributed by atoms with Gasteiger partial charge in [0, 0.05) is 12.6 Å². The second kappa shape index (κ2) is 5.99. The van der Waals surface area contributed by atoms with Crippen molar-refractivity contribution < 1.29 is 8.42 Å². The van der Waals surface area contributed by atoms with Gasteiger partial charge in [-0.3, -0.25) is 0 Å². The number of aromatic nitrogens is 2. The lowest BCUT2D eigenvalue weighted by Crippen LogP contribution is -2.33. The highest BCUT2D eigenvalue weighted by Gasteiger charge is 2.41. The van der Waals surface area contributed by atoms with E-state index in [1.807, 2.05) is 11.6 Å². The molecule has 5 nitrogen and oxygen atoms in total. The smallest absolute Gasteiger partial charge is 0.152 e. The standard InChI is InChI=1S/C15H27N3O2S/c1-5-7-16-14-10-13(9-12(2)3)17-18(14)15(4)6-8-21(19,20)11-15/h10,12,16H,5-9,11H2,1-4H3. The Hall–Kier alpha value is -1.04. The van der Waals surface area contributed by atoms with Crippen molar-refractivity contribution in [2.24, 2.45) is 5.92 Å². The summed E-state index contributed by atoms with van der Waals surface area (Å²) >= 11 is 0. The molecule has 1 saturated heterocycles. The third-order valence-corrected chi connectivity index (χ3v) is 5.82. The molecule has 0 saturated carbocycles. The molecule has 2 rings (SSSR count). The molecule has 1 aromatic heterocycles. The first-order chi connectivity index (χ1) is 9.76. The number of sulfone groups is 1. The summed E-state index contributed by atoms with van der Waals surface area (Å²) in [4.78, 5) is 0. The molecule has 0 aliphatic carbocycles. The summed E-state index contributed by atoms with van der Waals surface area (Å²) in [6, 6.07) is 2.08. The predicted octanol–water partition coefficient (Wildman–Crippen LogP) is 2.44. The maximum atomic E-state index is 11.9. The zero-order valence-electron chi connectivity index (χ0n) is 13.5. The Morgan fingerprint density at radius 3 is 2.71 bits per heavy atom. The Bertz CT molecular complexity index is 592. The van der Waals surface area contributed by atoms with E-state index in [0.717, 1.165) is 30.9 Å². The lowest BCUT2D eigenvalue weighted by Gasteiger charge is -2.25. The van der Waals surface area contributed by atoms with Gasteiger partial charge in [0.2, 0.25) is 0 Å². The molecule has 1 aliphatic rings. The molecule has 1 aromatic rings. The van der Waals surface area contributed by atoms with Gasteiger partial charge < -0.3 is 5.32 Å². The van der Waals surface area contributed by atoms with Crippen LogP contribution >= 0.6 is 0 Å². The first-order valence-electron chi connectivity index (χ1n) is 7.79. The average Bonchev–Trinajstić information content (AvgIpc) is 2.88. The summed E-state index contributed by atoms with van der Waals surface area (Å²) in [5.74, 6) is 1.93. The molecular formula is C15H27N3O2S. The minimum absolute atomic E-state index is 0.184. The minimum atomic E-state index is -2.94. The van der Waals surface area contributed by atoms with Crippen LogP contribution in [0.5, 0.6) is 0 Å². The topological polar surface area (TPSA) is 64.0 Å². The molecule has 1 aliphatic heterocycles. The van der Waals surface area contributed by atoms with Gasteiger partial charge in [0.25, 0.3) is 0 Å². The van der Waals surface area contributed by atoms with Crippen LogP contribution in [-0.4, -0.2) is 36.2 Å². The van der Waals surface area contributed by atoms with Gasteiger partial charge in [0.1, 0.15) is 5.82 Å². The van der Waals surface area contributed by atoms with Crippen LogP contribution in [0, 0.1) is 5.92 Å². The van der Waals surface area contributed by atoms with Gasteiger partial charge in [-0.15, -0.1) is 0 Å². The number of anilines is 1. The van der Waals surface area contributed by atoms with Gasteiger partial charge >= 0.3 is 0 Å². The summed E-state index contributed by atoms with van der Waals surface area (Å²) in [6.45, 7) is 9.32. The Kier molecular flexibility index (Phi) is 4.66. The van der Waals surface area contributed by atoms with Crippen molar-refractivity contribution in [1.82, 2.24) is 9.78 Å². The molecule has 2 heterocycles. The highest BCUT2D eigenvalue weighted by molar-refractivity contribution is 7.91. The number of hydrogen-bond donors (Lipinski definition) is 1. The molecule has 21 heavy (non-hydrogen) atoms. The van der Waals surface area contributed by atoms with Crippen LogP contribution in [-0.2, 0) is 21.8 Å². The van der Waals surface area contributed by atoms with Gasteiger partial charge in [0.05, 0.1) is 22.7 Å². The molecule has 0 aromatic carbocycles. The first kappa shape index (κ1) is 16.3. The van der Waals surface area contributed by atoms with Gasteiger partial charge in [-0.25, -0.2) is 13.1 Å². The number of rotatable bonds is 6. The molecule has 0 radical (unpaired) electrons.